The molecule has 0 unspecified atom stereocenters. The van der Waals surface area contributed by atoms with Crippen LogP contribution in [-0.4, -0.2) is 151 Å². The number of allylic oxidation sites excluding steroid dienone is 2. The maximum absolute atomic E-state index is 14.2. The molecule has 0 N–H and O–H groups in total. The summed E-state index contributed by atoms with van der Waals surface area (Å²) in [4.78, 5) is 93.7. The molecule has 2 saturated carbocycles. The SMILES string of the molecule is CCCCN(C)CCCC(=O)C1=Cc2cc(OC)ccc2-c2c(C3CCCCC3)c3ccc(C(=O)OC(C)(C)C)cc3n2C1.COc1ccc2c(c1)C=C(C(=O)CCCN(C)CCN(C)S(=O)(=O)c1ccccc1[N+](=O)[O-])Cn1c-2c(C2CCCCC2)c2ccc(C(=O)OC(C)(C)C)cc21.O=CO[O-].O=[N+]([O-])c1ccccc1Sc1ccccc1.Sc1ccccc1.[Cs+].[Cs+].[H-]. The summed E-state index contributed by atoms with van der Waals surface area (Å²) in [7, 11) is 4.63. The van der Waals surface area contributed by atoms with E-state index in [4.69, 9.17) is 29.0 Å². The van der Waals surface area contributed by atoms with Gasteiger partial charge in [-0.3, -0.25) is 34.6 Å². The molecule has 0 bridgehead atoms. The van der Waals surface area contributed by atoms with E-state index in [-0.39, 0.29) is 192 Å². The van der Waals surface area contributed by atoms with Crippen molar-refractivity contribution in [3.8, 4) is 34.0 Å². The molecule has 4 aliphatic rings. The van der Waals surface area contributed by atoms with E-state index in [9.17, 15) is 47.8 Å². The molecule has 29 heteroatoms. The molecular formula is C100H119Cs2N7O17S3. The summed E-state index contributed by atoms with van der Waals surface area (Å²) in [6.07, 6.45) is 20.2. The van der Waals surface area contributed by atoms with Gasteiger partial charge in [0.05, 0.1) is 64.6 Å². The predicted octanol–water partition coefficient (Wildman–Crippen LogP) is 15.3. The molecule has 8 aromatic carbocycles. The Bertz CT molecular complexity index is 5710. The van der Waals surface area contributed by atoms with Crippen molar-refractivity contribution in [2.45, 2.75) is 207 Å². The molecule has 0 spiro atoms. The van der Waals surface area contributed by atoms with Crippen molar-refractivity contribution in [2.24, 2.45) is 0 Å². The summed E-state index contributed by atoms with van der Waals surface area (Å²) in [5.74, 6) is 1.70. The number of nitrogens with zero attached hydrogens (tertiary/aromatic N) is 7. The van der Waals surface area contributed by atoms with Gasteiger partial charge in [-0.25, -0.2) is 18.0 Å². The summed E-state index contributed by atoms with van der Waals surface area (Å²) in [5, 5.41) is 33.0. The van der Waals surface area contributed by atoms with Crippen molar-refractivity contribution in [2.75, 3.05) is 68.1 Å². The number of nitro groups is 2. The van der Waals surface area contributed by atoms with E-state index in [1.165, 1.54) is 110 Å². The van der Waals surface area contributed by atoms with Gasteiger partial charge >= 0.3 is 150 Å². The molecule has 24 nitrogen and oxygen atoms in total. The van der Waals surface area contributed by atoms with Crippen molar-refractivity contribution in [1.82, 2.24) is 23.2 Å². The van der Waals surface area contributed by atoms with Crippen LogP contribution in [0.25, 0.3) is 56.5 Å². The topological polar surface area (TPSA) is 295 Å². The Morgan fingerprint density at radius 3 is 1.36 bits per heavy atom. The number of hydrogen-bond donors (Lipinski definition) is 1. The van der Waals surface area contributed by atoms with Gasteiger partial charge in [0.2, 0.25) is 10.0 Å². The number of ketones is 2. The van der Waals surface area contributed by atoms with E-state index in [0.717, 1.165) is 128 Å². The number of aromatic nitrogens is 2. The molecule has 2 aliphatic carbocycles. The Kier molecular flexibility index (Phi) is 42.9. The monoisotopic (exact) mass is 2050 g/mol. The Balaban J connectivity index is 0.000000274. The van der Waals surface area contributed by atoms with Crippen molar-refractivity contribution < 1.29 is 211 Å². The van der Waals surface area contributed by atoms with Crippen LogP contribution in [0.15, 0.2) is 213 Å². The number of para-hydroxylation sites is 2. The van der Waals surface area contributed by atoms with Crippen molar-refractivity contribution >= 4 is 110 Å². The van der Waals surface area contributed by atoms with Crippen LogP contribution < -0.4 is 153 Å². The summed E-state index contributed by atoms with van der Waals surface area (Å²) in [6.45, 7) is 17.0. The number of sulfonamides is 1. The van der Waals surface area contributed by atoms with Crippen LogP contribution in [0.1, 0.15) is 207 Å². The third-order valence-electron chi connectivity index (χ3n) is 22.7. The van der Waals surface area contributed by atoms with Gasteiger partial charge in [-0.15, -0.1) is 12.6 Å². The summed E-state index contributed by atoms with van der Waals surface area (Å²) < 4.78 is 54.8. The number of nitro benzene ring substituents is 2. The van der Waals surface area contributed by atoms with Crippen LogP contribution in [0.5, 0.6) is 11.5 Å². The first kappa shape index (κ1) is 107. The summed E-state index contributed by atoms with van der Waals surface area (Å²) >= 11 is 5.49. The third-order valence-corrected chi connectivity index (χ3v) is 26.0. The smallest absolute Gasteiger partial charge is 1.00 e. The Morgan fingerprint density at radius 1 is 0.543 bits per heavy atom. The standard InChI is InChI=1S/C43H52N4O8S.C38H50N2O4.C12H9NO2S.C6H6S.CH2O3.2Cs.H/c1-43(2,3)55-42(49)30-18-20-35-37(27-30)46-28-32(25-31-26-33(54-6)19-21-34(31)41(46)40(35)29-13-8-7-9-14-29)38(48)16-12-22-44(4)23-24-45(5)56(52,53)39-17-11-10-15-36(39)47(50)51;1-7-8-20-39(5)21-12-15-34(41)29-22-28-23-30(43-6)17-19-31(28)36-35(26-13-10-9-11-14-26)32-18-16-27(24-33(32)40(36)25-29)37(42)44-38(2,3)4;14-13(15)11-8-4-5-9-12(11)16-10-6-2-1-3-7-10;7-6-4-2-1-3-5-6;2-1-4-3;;;/h10-11,15,17-21,25-27,29H,7-9,12-14,16,22-24,28H2,1-6H3;16-19,22-24,26H,7-15,20-21,25H2,1-6H3;1-9H;1-5,7H;1,3H;;;/q;;;;;2*+1;-1/p-1. The second-order valence-electron chi connectivity index (χ2n) is 34.3. The van der Waals surface area contributed by atoms with Crippen LogP contribution in [0.4, 0.5) is 11.4 Å². The van der Waals surface area contributed by atoms with E-state index < -0.39 is 37.8 Å². The number of ether oxygens (including phenoxy) is 4. The fraction of sp³-hybridized carbons (Fsp3) is 0.390. The van der Waals surface area contributed by atoms with Crippen molar-refractivity contribution in [1.29, 1.82) is 0 Å². The largest absolute Gasteiger partial charge is 1.00 e. The Labute approximate surface area is 887 Å². The van der Waals surface area contributed by atoms with Crippen LogP contribution in [0.3, 0.4) is 0 Å². The van der Waals surface area contributed by atoms with Crippen molar-refractivity contribution in [3.63, 3.8) is 0 Å². The molecule has 2 aliphatic heterocycles. The number of carbonyl (C=O) groups excluding carboxylic acids is 5. The average molecular weight is 2050 g/mol. The molecule has 0 radical (unpaired) electrons. The number of likely N-dealkylation sites (N-methyl/N-ethyl adjacent to an activating group) is 2. The molecule has 129 heavy (non-hydrogen) atoms. The molecule has 2 fully saturated rings. The third kappa shape index (κ3) is 30.0. The molecule has 14 rings (SSSR count). The fourth-order valence-corrected chi connectivity index (χ4v) is 18.9. The average Bonchev–Trinajstić information content (AvgIpc) is 1.58. The van der Waals surface area contributed by atoms with E-state index in [1.54, 1.807) is 32.4 Å². The molecule has 10 aromatic rings. The van der Waals surface area contributed by atoms with Gasteiger partial charge in [-0.2, -0.15) is 4.31 Å². The maximum atomic E-state index is 14.2. The van der Waals surface area contributed by atoms with E-state index in [0.29, 0.717) is 78.2 Å². The minimum absolute atomic E-state index is 0. The first-order valence-corrected chi connectivity index (χ1v) is 46.1. The number of thiol groups is 1. The van der Waals surface area contributed by atoms with Gasteiger partial charge < -0.3 is 49.5 Å². The molecule has 676 valence electrons. The predicted molar refractivity (Wildman–Crippen MR) is 503 cm³/mol. The van der Waals surface area contributed by atoms with Gasteiger partial charge in [-0.1, -0.05) is 136 Å². The quantitative estimate of drug-likeness (QED) is 0.0114. The molecule has 0 amide bonds. The van der Waals surface area contributed by atoms with E-state index >= 15 is 0 Å². The van der Waals surface area contributed by atoms with Crippen molar-refractivity contribution in [3.05, 3.63) is 247 Å². The number of esters is 2. The molecule has 2 aromatic heterocycles. The fourth-order valence-electron chi connectivity index (χ4n) is 16.5. The zero-order valence-electron chi connectivity index (χ0n) is 77.8. The normalized spacial score (nSPS) is 13.7. The molecule has 0 atom stereocenters. The minimum atomic E-state index is -4.09. The number of hydrogen-bond acceptors (Lipinski definition) is 21. The van der Waals surface area contributed by atoms with Crippen LogP contribution in [-0.2, 0) is 51.9 Å². The van der Waals surface area contributed by atoms with Gasteiger partial charge in [0, 0.05) is 99.0 Å². The number of fused-ring (bicyclic) bond motifs is 10. The Morgan fingerprint density at radius 2 is 0.953 bits per heavy atom. The number of methoxy groups -OCH3 is 2. The summed E-state index contributed by atoms with van der Waals surface area (Å²) in [6, 6.07) is 55.5. The number of benzene rings is 8. The number of Topliss-reactive ketones (excluding diaryl/α,β-unsaturated/α-hetero) is 2. The first-order valence-electron chi connectivity index (χ1n) is 43.4. The van der Waals surface area contributed by atoms with Crippen LogP contribution in [0, 0.1) is 20.2 Å². The summed E-state index contributed by atoms with van der Waals surface area (Å²) in [5.41, 5.74) is 11.7. The van der Waals surface area contributed by atoms with Crippen LogP contribution in [0.2, 0.25) is 0 Å². The Hall–Kier alpha value is -6.94. The number of carbonyl (C=O) groups is 5. The van der Waals surface area contributed by atoms with Crippen LogP contribution >= 0.6 is 24.4 Å². The molecular weight excluding hydrogens is 1930 g/mol. The zero-order valence-corrected chi connectivity index (χ0v) is 91.9. The van der Waals surface area contributed by atoms with Gasteiger partial charge in [0.1, 0.15) is 22.7 Å². The van der Waals surface area contributed by atoms with E-state index in [1.807, 2.05) is 169 Å². The van der Waals surface area contributed by atoms with Gasteiger partial charge in [0.15, 0.2) is 16.5 Å². The maximum Gasteiger partial charge on any atom is 1.00 e. The number of unbranched alkanes of at least 4 members (excludes halogenated alkanes) is 1. The number of rotatable bonds is 29. The first-order chi connectivity index (χ1) is 60.8. The second-order valence-corrected chi connectivity index (χ2v) is 38.0. The molecule has 0 saturated heterocycles. The second kappa shape index (κ2) is 51.5. The molecule has 4 heterocycles. The zero-order chi connectivity index (χ0) is 91.7. The van der Waals surface area contributed by atoms with Gasteiger partial charge in [0.25, 0.3) is 17.8 Å². The van der Waals surface area contributed by atoms with E-state index in [2.05, 4.69) is 75.9 Å². The minimum Gasteiger partial charge on any atom is -1.00 e. The van der Waals surface area contributed by atoms with Gasteiger partial charge in [-0.05, 0) is 264 Å².